The molecule has 0 spiro atoms. The zero-order valence-corrected chi connectivity index (χ0v) is 10.6. The highest BCUT2D eigenvalue weighted by molar-refractivity contribution is 7.99. The maximum atomic E-state index is 5.20. The highest BCUT2D eigenvalue weighted by Crippen LogP contribution is 2.35. The van der Waals surface area contributed by atoms with Gasteiger partial charge in [0, 0.05) is 30.4 Å². The number of hydrogen-bond acceptors (Lipinski definition) is 3. The molecule has 0 aliphatic heterocycles. The van der Waals surface area contributed by atoms with Gasteiger partial charge in [0.2, 0.25) is 0 Å². The van der Waals surface area contributed by atoms with E-state index in [0.29, 0.717) is 0 Å². The van der Waals surface area contributed by atoms with Crippen molar-refractivity contribution in [2.75, 3.05) is 20.0 Å². The zero-order chi connectivity index (χ0) is 11.4. The van der Waals surface area contributed by atoms with Crippen LogP contribution in [-0.4, -0.2) is 20.0 Å². The van der Waals surface area contributed by atoms with E-state index in [4.69, 9.17) is 9.47 Å². The summed E-state index contributed by atoms with van der Waals surface area (Å²) in [5.74, 6) is 2.23. The van der Waals surface area contributed by atoms with Gasteiger partial charge >= 0.3 is 0 Å². The van der Waals surface area contributed by atoms with E-state index in [0.717, 1.165) is 11.5 Å². The van der Waals surface area contributed by atoms with Crippen molar-refractivity contribution in [3.63, 3.8) is 0 Å². The second-order valence-corrected chi connectivity index (χ2v) is 5.22. The van der Waals surface area contributed by atoms with Crippen molar-refractivity contribution >= 4 is 11.8 Å². The fourth-order valence-corrected chi connectivity index (χ4v) is 2.68. The third-order valence-electron chi connectivity index (χ3n) is 2.76. The summed E-state index contributed by atoms with van der Waals surface area (Å²) in [7, 11) is 3.31. The second-order valence-electron chi connectivity index (χ2n) is 4.13. The first-order valence-electron chi connectivity index (χ1n) is 5.62. The number of benzene rings is 1. The molecule has 3 heteroatoms. The summed E-state index contributed by atoms with van der Waals surface area (Å²) >= 11 is 1.95. The highest BCUT2D eigenvalue weighted by Gasteiger charge is 2.21. The van der Waals surface area contributed by atoms with E-state index in [1.807, 2.05) is 11.8 Å². The molecule has 16 heavy (non-hydrogen) atoms. The van der Waals surface area contributed by atoms with Gasteiger partial charge in [0.1, 0.15) is 0 Å². The van der Waals surface area contributed by atoms with Crippen LogP contribution in [0.3, 0.4) is 0 Å². The van der Waals surface area contributed by atoms with Crippen LogP contribution in [0.2, 0.25) is 0 Å². The first kappa shape index (κ1) is 12.0. The van der Waals surface area contributed by atoms with Gasteiger partial charge in [-0.2, -0.15) is 0 Å². The quantitative estimate of drug-likeness (QED) is 0.558. The van der Waals surface area contributed by atoms with Crippen LogP contribution >= 0.6 is 11.8 Å². The Balaban J connectivity index is 1.91. The predicted molar refractivity (Wildman–Crippen MR) is 66.6 cm³/mol. The van der Waals surface area contributed by atoms with Crippen LogP contribution in [0.25, 0.3) is 0 Å². The van der Waals surface area contributed by atoms with Gasteiger partial charge in [-0.15, -0.1) is 11.8 Å². The summed E-state index contributed by atoms with van der Waals surface area (Å²) in [5, 5.41) is 0. The maximum Gasteiger partial charge on any atom is 0.183 e. The van der Waals surface area contributed by atoms with Gasteiger partial charge in [0.25, 0.3) is 0 Å². The van der Waals surface area contributed by atoms with Crippen molar-refractivity contribution in [2.45, 2.75) is 24.0 Å². The standard InChI is InChI=1S/C13H18O2S/c1-14-13(15-2)11-5-7-12(8-6-11)16-9-10-3-4-10/h5-8,10,13H,3-4,9H2,1-2H3. The molecule has 0 saturated heterocycles. The van der Waals surface area contributed by atoms with Crippen LogP contribution in [-0.2, 0) is 9.47 Å². The lowest BCUT2D eigenvalue weighted by Crippen LogP contribution is -2.02. The summed E-state index contributed by atoms with van der Waals surface area (Å²) in [5.41, 5.74) is 1.07. The van der Waals surface area contributed by atoms with Crippen LogP contribution < -0.4 is 0 Å². The van der Waals surface area contributed by atoms with Gasteiger partial charge < -0.3 is 9.47 Å². The van der Waals surface area contributed by atoms with E-state index < -0.39 is 0 Å². The molecule has 0 N–H and O–H groups in total. The van der Waals surface area contributed by atoms with Crippen molar-refractivity contribution in [1.82, 2.24) is 0 Å². The maximum absolute atomic E-state index is 5.20. The molecule has 1 fully saturated rings. The number of rotatable bonds is 6. The Morgan fingerprint density at radius 1 is 1.19 bits per heavy atom. The molecule has 88 valence electrons. The number of thioether (sulfide) groups is 1. The van der Waals surface area contributed by atoms with E-state index in [-0.39, 0.29) is 6.29 Å². The molecule has 2 nitrogen and oxygen atoms in total. The van der Waals surface area contributed by atoms with Crippen LogP contribution in [0, 0.1) is 5.92 Å². The first-order valence-corrected chi connectivity index (χ1v) is 6.60. The minimum absolute atomic E-state index is 0.248. The summed E-state index contributed by atoms with van der Waals surface area (Å²) < 4.78 is 10.4. The molecule has 1 saturated carbocycles. The molecular formula is C13H18O2S. The number of hydrogen-bond donors (Lipinski definition) is 0. The zero-order valence-electron chi connectivity index (χ0n) is 9.81. The van der Waals surface area contributed by atoms with Crippen LogP contribution in [0.1, 0.15) is 24.7 Å². The van der Waals surface area contributed by atoms with Crippen molar-refractivity contribution in [3.05, 3.63) is 29.8 Å². The molecule has 1 aromatic rings. The van der Waals surface area contributed by atoms with Crippen molar-refractivity contribution in [1.29, 1.82) is 0 Å². The van der Waals surface area contributed by atoms with Gasteiger partial charge in [-0.25, -0.2) is 0 Å². The molecule has 2 rings (SSSR count). The van der Waals surface area contributed by atoms with E-state index in [1.54, 1.807) is 14.2 Å². The van der Waals surface area contributed by atoms with Gasteiger partial charge in [-0.3, -0.25) is 0 Å². The van der Waals surface area contributed by atoms with Crippen LogP contribution in [0.15, 0.2) is 29.2 Å². The van der Waals surface area contributed by atoms with Gasteiger partial charge in [0.15, 0.2) is 6.29 Å². The Kier molecular flexibility index (Phi) is 4.27. The lowest BCUT2D eigenvalue weighted by atomic mass is 10.2. The van der Waals surface area contributed by atoms with Crippen molar-refractivity contribution in [3.8, 4) is 0 Å². The molecule has 0 unspecified atom stereocenters. The minimum Gasteiger partial charge on any atom is -0.352 e. The fourth-order valence-electron chi connectivity index (χ4n) is 1.59. The van der Waals surface area contributed by atoms with Gasteiger partial charge in [-0.1, -0.05) is 12.1 Å². The molecule has 0 atom stereocenters. The lowest BCUT2D eigenvalue weighted by Gasteiger charge is -2.13. The van der Waals surface area contributed by atoms with E-state index in [1.165, 1.54) is 23.5 Å². The average Bonchev–Trinajstić information content (AvgIpc) is 3.13. The first-order chi connectivity index (χ1) is 7.83. The van der Waals surface area contributed by atoms with E-state index in [2.05, 4.69) is 24.3 Å². The molecule has 1 aromatic carbocycles. The summed E-state index contributed by atoms with van der Waals surface area (Å²) in [4.78, 5) is 1.33. The Bertz CT molecular complexity index is 315. The summed E-state index contributed by atoms with van der Waals surface area (Å²) in [6, 6.07) is 8.45. The normalized spacial score (nSPS) is 15.7. The molecule has 1 aliphatic rings. The third kappa shape index (κ3) is 3.24. The second kappa shape index (κ2) is 5.71. The monoisotopic (exact) mass is 238 g/mol. The molecule has 0 bridgehead atoms. The van der Waals surface area contributed by atoms with Crippen molar-refractivity contribution in [2.24, 2.45) is 5.92 Å². The van der Waals surface area contributed by atoms with Crippen LogP contribution in [0.4, 0.5) is 0 Å². The lowest BCUT2D eigenvalue weighted by molar-refractivity contribution is -0.106. The molecule has 1 aliphatic carbocycles. The SMILES string of the molecule is COC(OC)c1ccc(SCC2CC2)cc1. The van der Waals surface area contributed by atoms with E-state index >= 15 is 0 Å². The third-order valence-corrected chi connectivity index (χ3v) is 4.01. The number of methoxy groups -OCH3 is 2. The Labute approximate surface area is 101 Å². The fraction of sp³-hybridized carbons (Fsp3) is 0.538. The van der Waals surface area contributed by atoms with Crippen molar-refractivity contribution < 1.29 is 9.47 Å². The Hall–Kier alpha value is -0.510. The summed E-state index contributed by atoms with van der Waals surface area (Å²) in [6.45, 7) is 0. The number of ether oxygens (including phenoxy) is 2. The van der Waals surface area contributed by atoms with E-state index in [9.17, 15) is 0 Å². The molecule has 0 radical (unpaired) electrons. The predicted octanol–water partition coefficient (Wildman–Crippen LogP) is 3.48. The Morgan fingerprint density at radius 2 is 1.81 bits per heavy atom. The molecular weight excluding hydrogens is 220 g/mol. The minimum atomic E-state index is -0.248. The van der Waals surface area contributed by atoms with Gasteiger partial charge in [-0.05, 0) is 30.9 Å². The van der Waals surface area contributed by atoms with Gasteiger partial charge in [0.05, 0.1) is 0 Å². The summed E-state index contributed by atoms with van der Waals surface area (Å²) in [6.07, 6.45) is 2.59. The topological polar surface area (TPSA) is 18.5 Å². The highest BCUT2D eigenvalue weighted by atomic mass is 32.2. The Morgan fingerprint density at radius 3 is 2.31 bits per heavy atom. The van der Waals surface area contributed by atoms with Crippen LogP contribution in [0.5, 0.6) is 0 Å². The average molecular weight is 238 g/mol. The molecule has 0 heterocycles. The molecule has 0 aromatic heterocycles. The molecule has 0 amide bonds. The largest absolute Gasteiger partial charge is 0.352 e. The smallest absolute Gasteiger partial charge is 0.183 e.